The molecule has 1 N–H and O–H groups in total. The fourth-order valence-corrected chi connectivity index (χ4v) is 2.77. The third-order valence-corrected chi connectivity index (χ3v) is 3.86. The van der Waals surface area contributed by atoms with E-state index in [1.807, 2.05) is 6.07 Å². The van der Waals surface area contributed by atoms with Crippen molar-refractivity contribution in [3.63, 3.8) is 0 Å². The van der Waals surface area contributed by atoms with Gasteiger partial charge in [-0.2, -0.15) is 5.10 Å². The van der Waals surface area contributed by atoms with E-state index in [-0.39, 0.29) is 17.6 Å². The minimum Gasteiger partial charge on any atom is -0.323 e. The summed E-state index contributed by atoms with van der Waals surface area (Å²) in [5, 5.41) is 7.11. The highest BCUT2D eigenvalue weighted by atomic mass is 19.1. The van der Waals surface area contributed by atoms with E-state index in [1.165, 1.54) is 12.1 Å². The molecule has 0 unspecified atom stereocenters. The molecule has 1 amide bonds. The smallest absolute Gasteiger partial charge is 0.227 e. The maximum Gasteiger partial charge on any atom is 0.227 e. The Morgan fingerprint density at radius 1 is 1.38 bits per heavy atom. The second-order valence-electron chi connectivity index (χ2n) is 5.53. The summed E-state index contributed by atoms with van der Waals surface area (Å²) in [7, 11) is 0. The van der Waals surface area contributed by atoms with Gasteiger partial charge in [-0.1, -0.05) is 25.0 Å². The average molecular weight is 287 g/mol. The van der Waals surface area contributed by atoms with Crippen LogP contribution in [-0.4, -0.2) is 15.7 Å². The Balaban J connectivity index is 1.62. The van der Waals surface area contributed by atoms with Gasteiger partial charge < -0.3 is 5.32 Å². The van der Waals surface area contributed by atoms with Gasteiger partial charge in [0.2, 0.25) is 5.91 Å². The Morgan fingerprint density at radius 3 is 2.95 bits per heavy atom. The van der Waals surface area contributed by atoms with E-state index in [0.717, 1.165) is 31.2 Å². The number of hydrogen-bond acceptors (Lipinski definition) is 2. The molecule has 1 aromatic heterocycles. The first-order valence-electron chi connectivity index (χ1n) is 7.28. The van der Waals surface area contributed by atoms with Crippen molar-refractivity contribution < 1.29 is 9.18 Å². The van der Waals surface area contributed by atoms with E-state index in [9.17, 15) is 9.18 Å². The van der Waals surface area contributed by atoms with Gasteiger partial charge in [-0.3, -0.25) is 9.48 Å². The minimum atomic E-state index is -0.255. The largest absolute Gasteiger partial charge is 0.323 e. The van der Waals surface area contributed by atoms with Crippen molar-refractivity contribution in [2.45, 2.75) is 32.2 Å². The lowest BCUT2D eigenvalue weighted by Crippen LogP contribution is -2.19. The molecule has 1 aliphatic carbocycles. The van der Waals surface area contributed by atoms with Gasteiger partial charge >= 0.3 is 0 Å². The maximum absolute atomic E-state index is 13.1. The van der Waals surface area contributed by atoms with Crippen LogP contribution in [0.4, 0.5) is 10.1 Å². The van der Waals surface area contributed by atoms with Crippen LogP contribution in [0.1, 0.15) is 31.2 Å². The van der Waals surface area contributed by atoms with Gasteiger partial charge in [0.15, 0.2) is 0 Å². The number of aromatic nitrogens is 2. The number of rotatable bonds is 4. The summed E-state index contributed by atoms with van der Waals surface area (Å²) in [6.45, 7) is 0.483. The molecule has 0 atom stereocenters. The molecule has 0 bridgehead atoms. The molecule has 0 aliphatic heterocycles. The molecule has 1 saturated carbocycles. The molecular weight excluding hydrogens is 269 g/mol. The molecule has 0 radical (unpaired) electrons. The highest BCUT2D eigenvalue weighted by molar-refractivity contribution is 5.92. The molecule has 5 heteroatoms. The molecule has 21 heavy (non-hydrogen) atoms. The normalized spacial score (nSPS) is 15.3. The Bertz CT molecular complexity index is 632. The minimum absolute atomic E-state index is 0.0813. The third-order valence-electron chi connectivity index (χ3n) is 3.86. The fourth-order valence-electron chi connectivity index (χ4n) is 2.77. The van der Waals surface area contributed by atoms with Crippen LogP contribution in [0.2, 0.25) is 0 Å². The van der Waals surface area contributed by atoms with Crippen LogP contribution in [0, 0.1) is 11.7 Å². The van der Waals surface area contributed by atoms with E-state index in [4.69, 9.17) is 0 Å². The molecule has 1 fully saturated rings. The zero-order valence-electron chi connectivity index (χ0n) is 11.8. The van der Waals surface area contributed by atoms with Crippen LogP contribution >= 0.6 is 0 Å². The number of carbonyl (C=O) groups is 1. The lowest BCUT2D eigenvalue weighted by Gasteiger charge is -2.08. The van der Waals surface area contributed by atoms with Gasteiger partial charge in [0.1, 0.15) is 5.82 Å². The fraction of sp³-hybridized carbons (Fsp3) is 0.375. The van der Waals surface area contributed by atoms with E-state index >= 15 is 0 Å². The van der Waals surface area contributed by atoms with Gasteiger partial charge in [-0.25, -0.2) is 4.39 Å². The number of nitrogens with one attached hydrogen (secondary N) is 1. The van der Waals surface area contributed by atoms with Crippen LogP contribution in [0.5, 0.6) is 0 Å². The van der Waals surface area contributed by atoms with Crippen molar-refractivity contribution in [3.05, 3.63) is 48.0 Å². The Kier molecular flexibility index (Phi) is 3.99. The monoisotopic (exact) mass is 287 g/mol. The molecule has 2 aromatic rings. The summed E-state index contributed by atoms with van der Waals surface area (Å²) in [6, 6.07) is 6.43. The van der Waals surface area contributed by atoms with Crippen LogP contribution < -0.4 is 5.32 Å². The molecule has 4 nitrogen and oxygen atoms in total. The quantitative estimate of drug-likeness (QED) is 0.938. The molecule has 1 aliphatic rings. The lowest BCUT2D eigenvalue weighted by molar-refractivity contribution is -0.119. The molecule has 0 spiro atoms. The summed E-state index contributed by atoms with van der Waals surface area (Å²) in [6.07, 6.45) is 7.63. The van der Waals surface area contributed by atoms with Crippen LogP contribution in [0.25, 0.3) is 0 Å². The summed E-state index contributed by atoms with van der Waals surface area (Å²) in [5.74, 6) is -0.0382. The van der Waals surface area contributed by atoms with Gasteiger partial charge in [-0.05, 0) is 30.5 Å². The lowest BCUT2D eigenvalue weighted by atomic mass is 10.1. The molecule has 0 saturated heterocycles. The van der Waals surface area contributed by atoms with Crippen molar-refractivity contribution in [2.24, 2.45) is 5.92 Å². The van der Waals surface area contributed by atoms with E-state index in [1.54, 1.807) is 23.1 Å². The number of nitrogens with zero attached hydrogens (tertiary/aromatic N) is 2. The number of halogens is 1. The van der Waals surface area contributed by atoms with Crippen molar-refractivity contribution in [3.8, 4) is 0 Å². The van der Waals surface area contributed by atoms with E-state index in [2.05, 4.69) is 10.4 Å². The summed E-state index contributed by atoms with van der Waals surface area (Å²) in [4.78, 5) is 12.0. The summed E-state index contributed by atoms with van der Waals surface area (Å²) >= 11 is 0. The number of anilines is 1. The maximum atomic E-state index is 13.1. The van der Waals surface area contributed by atoms with Crippen molar-refractivity contribution >= 4 is 11.6 Å². The SMILES string of the molecule is O=C(Nc1cnn(Cc2cccc(F)c2)c1)C1CCCC1. The molecule has 1 heterocycles. The van der Waals surface area contributed by atoms with Gasteiger partial charge in [0, 0.05) is 12.1 Å². The highest BCUT2D eigenvalue weighted by Crippen LogP contribution is 2.25. The van der Waals surface area contributed by atoms with Gasteiger partial charge in [0.05, 0.1) is 18.4 Å². The van der Waals surface area contributed by atoms with Gasteiger partial charge in [-0.15, -0.1) is 0 Å². The van der Waals surface area contributed by atoms with Gasteiger partial charge in [0.25, 0.3) is 0 Å². The first-order valence-corrected chi connectivity index (χ1v) is 7.28. The Morgan fingerprint density at radius 2 is 2.19 bits per heavy atom. The molecule has 110 valence electrons. The van der Waals surface area contributed by atoms with Crippen molar-refractivity contribution in [1.29, 1.82) is 0 Å². The second kappa shape index (κ2) is 6.08. The Hall–Kier alpha value is -2.17. The predicted molar refractivity (Wildman–Crippen MR) is 78.3 cm³/mol. The molecule has 1 aromatic carbocycles. The topological polar surface area (TPSA) is 46.9 Å². The zero-order valence-corrected chi connectivity index (χ0v) is 11.8. The third kappa shape index (κ3) is 3.48. The molecule has 3 rings (SSSR count). The predicted octanol–water partition coefficient (Wildman–Crippen LogP) is 3.20. The standard InChI is InChI=1S/C16H18FN3O/c17-14-7-3-4-12(8-14)10-20-11-15(9-18-20)19-16(21)13-5-1-2-6-13/h3-4,7-9,11,13H,1-2,5-6,10H2,(H,19,21). The van der Waals surface area contributed by atoms with Crippen molar-refractivity contribution in [1.82, 2.24) is 9.78 Å². The second-order valence-corrected chi connectivity index (χ2v) is 5.53. The first-order chi connectivity index (χ1) is 10.2. The van der Waals surface area contributed by atoms with Crippen LogP contribution in [0.15, 0.2) is 36.7 Å². The summed E-state index contributed by atoms with van der Waals surface area (Å²) < 4.78 is 14.8. The first kappa shape index (κ1) is 13.8. The van der Waals surface area contributed by atoms with Crippen LogP contribution in [0.3, 0.4) is 0 Å². The number of amides is 1. The molecular formula is C16H18FN3O. The van der Waals surface area contributed by atoms with Crippen molar-refractivity contribution in [2.75, 3.05) is 5.32 Å². The Labute approximate surface area is 123 Å². The van der Waals surface area contributed by atoms with E-state index < -0.39 is 0 Å². The van der Waals surface area contributed by atoms with E-state index in [0.29, 0.717) is 12.2 Å². The number of hydrogen-bond donors (Lipinski definition) is 1. The zero-order chi connectivity index (χ0) is 14.7. The highest BCUT2D eigenvalue weighted by Gasteiger charge is 2.22. The van der Waals surface area contributed by atoms with Crippen LogP contribution in [-0.2, 0) is 11.3 Å². The number of carbonyl (C=O) groups excluding carboxylic acids is 1. The average Bonchev–Trinajstić information content (AvgIpc) is 3.10. The summed E-state index contributed by atoms with van der Waals surface area (Å²) in [5.41, 5.74) is 1.54. The number of benzene rings is 1.